The van der Waals surface area contributed by atoms with Crippen molar-refractivity contribution in [2.45, 2.75) is 6.10 Å². The van der Waals surface area contributed by atoms with Crippen LogP contribution < -0.4 is 17.7 Å². The van der Waals surface area contributed by atoms with Crippen molar-refractivity contribution in [2.24, 2.45) is 11.8 Å². The van der Waals surface area contributed by atoms with E-state index in [0.29, 0.717) is 13.2 Å². The van der Waals surface area contributed by atoms with Crippen LogP contribution in [0, 0.1) is 11.8 Å². The molecule has 1 fully saturated rings. The van der Waals surface area contributed by atoms with Crippen molar-refractivity contribution in [3.05, 3.63) is 0 Å². The molecule has 1 aliphatic heterocycles. The van der Waals surface area contributed by atoms with Crippen LogP contribution in [0.1, 0.15) is 0 Å². The van der Waals surface area contributed by atoms with Crippen molar-refractivity contribution >= 4 is 5.97 Å². The molecule has 0 amide bonds. The van der Waals surface area contributed by atoms with E-state index in [1.54, 1.807) is 7.11 Å². The van der Waals surface area contributed by atoms with Crippen LogP contribution in [0.4, 0.5) is 0 Å². The van der Waals surface area contributed by atoms with Gasteiger partial charge >= 0.3 is 5.97 Å². The van der Waals surface area contributed by atoms with Gasteiger partial charge in [-0.25, -0.2) is 0 Å². The number of halogens is 1. The molecule has 0 aromatic heterocycles. The highest BCUT2D eigenvalue weighted by atomic mass is 35.5. The fraction of sp³-hybridized carbons (Fsp3) is 0.875. The second kappa shape index (κ2) is 6.19. The van der Waals surface area contributed by atoms with E-state index in [-0.39, 0.29) is 18.3 Å². The maximum Gasteiger partial charge on any atom is 0.314 e. The fourth-order valence-corrected chi connectivity index (χ4v) is 1.72. The predicted molar refractivity (Wildman–Crippen MR) is 44.2 cm³/mol. The Morgan fingerprint density at radius 1 is 1.57 bits per heavy atom. The molecule has 1 heterocycles. The average molecular weight is 226 g/mol. The Hall–Kier alpha value is -0.360. The fourth-order valence-electron chi connectivity index (χ4n) is 1.72. The minimum absolute atomic E-state index is 0. The van der Waals surface area contributed by atoms with Crippen LogP contribution in [0.5, 0.6) is 0 Å². The number of ether oxygens (including phenoxy) is 1. The largest absolute Gasteiger partial charge is 1.00 e. The van der Waals surface area contributed by atoms with Crippen molar-refractivity contribution in [3.8, 4) is 0 Å². The van der Waals surface area contributed by atoms with Crippen LogP contribution in [0.2, 0.25) is 0 Å². The van der Waals surface area contributed by atoms with Crippen LogP contribution in [0.25, 0.3) is 0 Å². The molecule has 14 heavy (non-hydrogen) atoms. The Balaban J connectivity index is 0.00000169. The number of rotatable bonds is 3. The van der Waals surface area contributed by atoms with Gasteiger partial charge in [-0.1, -0.05) is 0 Å². The summed E-state index contributed by atoms with van der Waals surface area (Å²) in [5.74, 6) is -1.65. The van der Waals surface area contributed by atoms with Crippen LogP contribution in [-0.4, -0.2) is 49.1 Å². The molecule has 1 rings (SSSR count). The van der Waals surface area contributed by atoms with Crippen LogP contribution in [0.3, 0.4) is 0 Å². The third-order valence-electron chi connectivity index (χ3n) is 2.48. The number of nitrogens with two attached hydrogens (primary N) is 1. The molecule has 0 radical (unpaired) electrons. The third-order valence-corrected chi connectivity index (χ3v) is 2.48. The van der Waals surface area contributed by atoms with Gasteiger partial charge in [0.1, 0.15) is 5.92 Å². The summed E-state index contributed by atoms with van der Waals surface area (Å²) in [4.78, 5) is 10.7. The zero-order valence-corrected chi connectivity index (χ0v) is 8.78. The summed E-state index contributed by atoms with van der Waals surface area (Å²) in [5, 5.41) is 20.3. The monoisotopic (exact) mass is 225 g/mol. The van der Waals surface area contributed by atoms with Gasteiger partial charge in [0.25, 0.3) is 0 Å². The van der Waals surface area contributed by atoms with Crippen molar-refractivity contribution < 1.29 is 37.5 Å². The second-order valence-electron chi connectivity index (χ2n) is 3.41. The number of methoxy groups -OCH3 is 1. The van der Waals surface area contributed by atoms with E-state index in [1.807, 2.05) is 5.32 Å². The predicted octanol–water partition coefficient (Wildman–Crippen LogP) is -5.11. The van der Waals surface area contributed by atoms with Gasteiger partial charge < -0.3 is 32.7 Å². The molecular weight excluding hydrogens is 210 g/mol. The SMILES string of the molecule is COC[C@H]1C[NH2+]C[C@H](C(=O)O)[C@@H]1O.[Cl-]. The topological polar surface area (TPSA) is 83.4 Å². The molecule has 4 N–H and O–H groups in total. The van der Waals surface area contributed by atoms with E-state index in [2.05, 4.69) is 0 Å². The van der Waals surface area contributed by atoms with Crippen molar-refractivity contribution in [1.82, 2.24) is 0 Å². The highest BCUT2D eigenvalue weighted by molar-refractivity contribution is 5.70. The van der Waals surface area contributed by atoms with Crippen molar-refractivity contribution in [1.29, 1.82) is 0 Å². The molecule has 0 spiro atoms. The highest BCUT2D eigenvalue weighted by Gasteiger charge is 2.38. The Bertz CT molecular complexity index is 188. The van der Waals surface area contributed by atoms with E-state index in [1.165, 1.54) is 0 Å². The number of carboxylic acids is 1. The quantitative estimate of drug-likeness (QED) is 0.449. The molecule has 1 aliphatic rings. The highest BCUT2D eigenvalue weighted by Crippen LogP contribution is 2.14. The van der Waals surface area contributed by atoms with Gasteiger partial charge in [-0.2, -0.15) is 0 Å². The minimum atomic E-state index is -0.926. The summed E-state index contributed by atoms with van der Waals surface area (Å²) in [6.07, 6.45) is -0.776. The van der Waals surface area contributed by atoms with E-state index in [4.69, 9.17) is 9.84 Å². The first-order valence-electron chi connectivity index (χ1n) is 4.38. The summed E-state index contributed by atoms with van der Waals surface area (Å²) in [6, 6.07) is 0. The van der Waals surface area contributed by atoms with Crippen LogP contribution in [-0.2, 0) is 9.53 Å². The van der Waals surface area contributed by atoms with Gasteiger partial charge in [0.2, 0.25) is 0 Å². The molecular formula is C8H16ClNO4. The number of carbonyl (C=O) groups is 1. The average Bonchev–Trinajstić information content (AvgIpc) is 2.08. The number of quaternary nitrogens is 1. The van der Waals surface area contributed by atoms with Crippen LogP contribution in [0.15, 0.2) is 0 Å². The summed E-state index contributed by atoms with van der Waals surface area (Å²) in [5.41, 5.74) is 0. The molecule has 0 saturated carbocycles. The lowest BCUT2D eigenvalue weighted by molar-refractivity contribution is -0.677. The number of aliphatic hydroxyl groups excluding tert-OH is 1. The molecule has 0 bridgehead atoms. The maximum atomic E-state index is 10.7. The molecule has 1 saturated heterocycles. The number of piperidine rings is 1. The molecule has 0 aromatic carbocycles. The van der Waals surface area contributed by atoms with Crippen molar-refractivity contribution in [3.63, 3.8) is 0 Å². The van der Waals surface area contributed by atoms with Gasteiger partial charge in [0.05, 0.1) is 31.7 Å². The summed E-state index contributed by atoms with van der Waals surface area (Å²) in [6.45, 7) is 1.61. The van der Waals surface area contributed by atoms with E-state index < -0.39 is 18.0 Å². The van der Waals surface area contributed by atoms with Gasteiger partial charge in [-0.15, -0.1) is 0 Å². The van der Waals surface area contributed by atoms with E-state index in [9.17, 15) is 9.90 Å². The molecule has 0 unspecified atom stereocenters. The molecule has 5 nitrogen and oxygen atoms in total. The van der Waals surface area contributed by atoms with Gasteiger partial charge in [0.15, 0.2) is 0 Å². The zero-order chi connectivity index (χ0) is 9.84. The molecule has 84 valence electrons. The molecule has 3 atom stereocenters. The van der Waals surface area contributed by atoms with Crippen LogP contribution >= 0.6 is 0 Å². The number of aliphatic hydroxyl groups is 1. The van der Waals surface area contributed by atoms with E-state index >= 15 is 0 Å². The standard InChI is InChI=1S/C8H15NO4.ClH/c1-13-4-5-2-9-3-6(7(5)10)8(11)12;/h5-7,9-10H,2-4H2,1H3,(H,11,12);1H/t5-,6+,7-;/m1./s1. The Morgan fingerprint density at radius 3 is 2.71 bits per heavy atom. The maximum absolute atomic E-state index is 10.7. The Labute approximate surface area is 88.9 Å². The summed E-state index contributed by atoms with van der Waals surface area (Å²) < 4.78 is 4.91. The number of hydrogen-bond acceptors (Lipinski definition) is 3. The number of aliphatic carboxylic acids is 1. The lowest BCUT2D eigenvalue weighted by Gasteiger charge is -2.29. The zero-order valence-electron chi connectivity index (χ0n) is 8.02. The molecule has 0 aliphatic carbocycles. The normalized spacial score (nSPS) is 32.0. The first-order valence-corrected chi connectivity index (χ1v) is 4.38. The molecule has 6 heteroatoms. The van der Waals surface area contributed by atoms with Gasteiger partial charge in [-0.3, -0.25) is 4.79 Å². The number of hydrogen-bond donors (Lipinski definition) is 3. The second-order valence-corrected chi connectivity index (χ2v) is 3.41. The first-order chi connectivity index (χ1) is 6.16. The van der Waals surface area contributed by atoms with Gasteiger partial charge in [-0.05, 0) is 0 Å². The third kappa shape index (κ3) is 3.09. The summed E-state index contributed by atoms with van der Waals surface area (Å²) in [7, 11) is 1.55. The lowest BCUT2D eigenvalue weighted by Crippen LogP contribution is -3.00. The van der Waals surface area contributed by atoms with Crippen molar-refractivity contribution in [2.75, 3.05) is 26.8 Å². The molecule has 0 aromatic rings. The smallest absolute Gasteiger partial charge is 0.314 e. The number of carboxylic acid groups (broad SMARTS) is 1. The summed E-state index contributed by atoms with van der Waals surface area (Å²) >= 11 is 0. The Kier molecular flexibility index (Phi) is 6.03. The first kappa shape index (κ1) is 13.6. The lowest BCUT2D eigenvalue weighted by atomic mass is 9.88. The minimum Gasteiger partial charge on any atom is -1.00 e. The Morgan fingerprint density at radius 2 is 2.21 bits per heavy atom. The van der Waals surface area contributed by atoms with Gasteiger partial charge in [0, 0.05) is 7.11 Å². The van der Waals surface area contributed by atoms with E-state index in [0.717, 1.165) is 6.54 Å².